The highest BCUT2D eigenvalue weighted by Gasteiger charge is 2.11. The Balaban J connectivity index is 1.53. The van der Waals surface area contributed by atoms with Crippen LogP contribution in [0.25, 0.3) is 0 Å². The molecule has 0 saturated carbocycles. The first-order valence-corrected chi connectivity index (χ1v) is 8.67. The minimum Gasteiger partial charge on any atom is -0.486 e. The summed E-state index contributed by atoms with van der Waals surface area (Å²) in [5.74, 6) is 1.74. The van der Waals surface area contributed by atoms with Crippen LogP contribution in [-0.2, 0) is 13.2 Å². The van der Waals surface area contributed by atoms with Crippen LogP contribution in [0.4, 0.5) is 0 Å². The zero-order valence-electron chi connectivity index (χ0n) is 14.1. The molecule has 0 fully saturated rings. The summed E-state index contributed by atoms with van der Waals surface area (Å²) in [7, 11) is 1.55. The van der Waals surface area contributed by atoms with E-state index >= 15 is 0 Å². The van der Waals surface area contributed by atoms with Crippen LogP contribution in [-0.4, -0.2) is 18.0 Å². The average molecular weight is 417 g/mol. The van der Waals surface area contributed by atoms with Crippen LogP contribution in [0.3, 0.4) is 0 Å². The summed E-state index contributed by atoms with van der Waals surface area (Å²) in [6, 6.07) is 14.4. The van der Waals surface area contributed by atoms with Crippen LogP contribution < -0.4 is 14.8 Å². The molecule has 3 aromatic rings. The van der Waals surface area contributed by atoms with E-state index in [2.05, 4.69) is 26.2 Å². The number of carbonyl (C=O) groups is 1. The van der Waals surface area contributed by atoms with E-state index in [4.69, 9.17) is 13.9 Å². The molecule has 7 heteroatoms. The van der Waals surface area contributed by atoms with Gasteiger partial charge in [0.25, 0.3) is 5.91 Å². The Bertz CT molecular complexity index is 877. The van der Waals surface area contributed by atoms with Gasteiger partial charge in [0.05, 0.1) is 7.11 Å². The van der Waals surface area contributed by atoms with Crippen molar-refractivity contribution in [2.75, 3.05) is 7.11 Å². The first-order valence-electron chi connectivity index (χ1n) is 7.88. The topological polar surface area (TPSA) is 73.6 Å². The van der Waals surface area contributed by atoms with Crippen LogP contribution >= 0.6 is 15.9 Å². The largest absolute Gasteiger partial charge is 0.486 e. The van der Waals surface area contributed by atoms with Gasteiger partial charge in [0.2, 0.25) is 5.88 Å². The van der Waals surface area contributed by atoms with Gasteiger partial charge in [-0.05, 0) is 48.0 Å². The van der Waals surface area contributed by atoms with E-state index in [1.807, 2.05) is 30.3 Å². The van der Waals surface area contributed by atoms with Gasteiger partial charge in [0.1, 0.15) is 18.1 Å². The van der Waals surface area contributed by atoms with Gasteiger partial charge in [-0.1, -0.05) is 15.9 Å². The molecular weight excluding hydrogens is 400 g/mol. The number of benzene rings is 1. The molecule has 0 saturated heterocycles. The SMILES string of the molecule is COc1cc(CNC(=O)c2ccc(COc3ccc(Br)cc3)o2)ccn1. The number of aromatic nitrogens is 1. The van der Waals surface area contributed by atoms with Crippen molar-refractivity contribution in [3.05, 3.63) is 76.3 Å². The molecule has 1 N–H and O–H groups in total. The molecule has 6 nitrogen and oxygen atoms in total. The summed E-state index contributed by atoms with van der Waals surface area (Å²) in [5, 5.41) is 2.80. The van der Waals surface area contributed by atoms with E-state index in [9.17, 15) is 4.79 Å². The highest BCUT2D eigenvalue weighted by Crippen LogP contribution is 2.18. The number of methoxy groups -OCH3 is 1. The van der Waals surface area contributed by atoms with Crippen molar-refractivity contribution < 1.29 is 18.7 Å². The van der Waals surface area contributed by atoms with Crippen LogP contribution in [0.1, 0.15) is 21.9 Å². The maximum atomic E-state index is 12.2. The molecule has 0 radical (unpaired) electrons. The number of nitrogens with one attached hydrogen (secondary N) is 1. The highest BCUT2D eigenvalue weighted by molar-refractivity contribution is 9.10. The van der Waals surface area contributed by atoms with Crippen molar-refractivity contribution in [2.45, 2.75) is 13.2 Å². The standard InChI is InChI=1S/C19H17BrN2O4/c1-24-18-10-13(8-9-21-18)11-22-19(23)17-7-6-16(26-17)12-25-15-4-2-14(20)3-5-15/h2-10H,11-12H2,1H3,(H,22,23). The van der Waals surface area contributed by atoms with Gasteiger partial charge in [-0.3, -0.25) is 4.79 Å². The van der Waals surface area contributed by atoms with Crippen molar-refractivity contribution in [3.8, 4) is 11.6 Å². The normalized spacial score (nSPS) is 10.4. The third kappa shape index (κ3) is 4.86. The first kappa shape index (κ1) is 18.0. The molecule has 0 aliphatic rings. The van der Waals surface area contributed by atoms with Crippen LogP contribution in [0.15, 0.2) is 63.6 Å². The number of hydrogen-bond acceptors (Lipinski definition) is 5. The monoisotopic (exact) mass is 416 g/mol. The van der Waals surface area contributed by atoms with Gasteiger partial charge in [-0.25, -0.2) is 4.98 Å². The summed E-state index contributed by atoms with van der Waals surface area (Å²) < 4.78 is 17.2. The van der Waals surface area contributed by atoms with Crippen molar-refractivity contribution in [1.82, 2.24) is 10.3 Å². The Morgan fingerprint density at radius 2 is 2.00 bits per heavy atom. The van der Waals surface area contributed by atoms with Crippen LogP contribution in [0.5, 0.6) is 11.6 Å². The molecule has 0 bridgehead atoms. The molecule has 0 aliphatic heterocycles. The molecule has 0 aliphatic carbocycles. The average Bonchev–Trinajstić information content (AvgIpc) is 3.15. The number of carbonyl (C=O) groups excluding carboxylic acids is 1. The lowest BCUT2D eigenvalue weighted by Gasteiger charge is -2.05. The molecular formula is C19H17BrN2O4. The molecule has 134 valence electrons. The second-order valence-corrected chi connectivity index (χ2v) is 6.31. The summed E-state index contributed by atoms with van der Waals surface area (Å²) in [5.41, 5.74) is 0.885. The summed E-state index contributed by atoms with van der Waals surface area (Å²) in [6.07, 6.45) is 1.63. The number of rotatable bonds is 7. The van der Waals surface area contributed by atoms with Gasteiger partial charge in [0, 0.05) is 23.3 Å². The molecule has 1 amide bonds. The number of hydrogen-bond donors (Lipinski definition) is 1. The van der Waals surface area contributed by atoms with Gasteiger partial charge in [-0.2, -0.15) is 0 Å². The first-order chi connectivity index (χ1) is 12.6. The van der Waals surface area contributed by atoms with Gasteiger partial charge >= 0.3 is 0 Å². The lowest BCUT2D eigenvalue weighted by atomic mass is 10.2. The quantitative estimate of drug-likeness (QED) is 0.630. The Kier molecular flexibility index (Phi) is 5.91. The lowest BCUT2D eigenvalue weighted by molar-refractivity contribution is 0.0919. The lowest BCUT2D eigenvalue weighted by Crippen LogP contribution is -2.22. The molecule has 0 spiro atoms. The molecule has 0 atom stereocenters. The number of halogens is 1. The Labute approximate surface area is 159 Å². The minimum absolute atomic E-state index is 0.237. The van der Waals surface area contributed by atoms with Gasteiger partial charge < -0.3 is 19.2 Å². The third-order valence-corrected chi connectivity index (χ3v) is 4.07. The van der Waals surface area contributed by atoms with Crippen molar-refractivity contribution >= 4 is 21.8 Å². The number of furan rings is 1. The predicted octanol–water partition coefficient (Wildman–Crippen LogP) is 3.95. The number of nitrogens with zero attached hydrogens (tertiary/aromatic N) is 1. The fourth-order valence-electron chi connectivity index (χ4n) is 2.20. The zero-order chi connectivity index (χ0) is 18.4. The predicted molar refractivity (Wildman–Crippen MR) is 99.1 cm³/mol. The number of ether oxygens (including phenoxy) is 2. The van der Waals surface area contributed by atoms with E-state index in [1.54, 1.807) is 31.5 Å². The summed E-state index contributed by atoms with van der Waals surface area (Å²) in [6.45, 7) is 0.597. The second-order valence-electron chi connectivity index (χ2n) is 5.40. The van der Waals surface area contributed by atoms with Crippen molar-refractivity contribution in [3.63, 3.8) is 0 Å². The van der Waals surface area contributed by atoms with Gasteiger partial charge in [-0.15, -0.1) is 0 Å². The second kappa shape index (κ2) is 8.53. The van der Waals surface area contributed by atoms with E-state index < -0.39 is 0 Å². The molecule has 2 aromatic heterocycles. The van der Waals surface area contributed by atoms with E-state index in [-0.39, 0.29) is 18.3 Å². The maximum Gasteiger partial charge on any atom is 0.287 e. The number of amides is 1. The maximum absolute atomic E-state index is 12.2. The smallest absolute Gasteiger partial charge is 0.287 e. The molecule has 0 unspecified atom stereocenters. The molecule has 1 aromatic carbocycles. The van der Waals surface area contributed by atoms with Crippen molar-refractivity contribution in [1.29, 1.82) is 0 Å². The van der Waals surface area contributed by atoms with Crippen molar-refractivity contribution in [2.24, 2.45) is 0 Å². The summed E-state index contributed by atoms with van der Waals surface area (Å²) >= 11 is 3.37. The number of pyridine rings is 1. The van der Waals surface area contributed by atoms with Crippen LogP contribution in [0, 0.1) is 0 Å². The zero-order valence-corrected chi connectivity index (χ0v) is 15.7. The molecule has 2 heterocycles. The Morgan fingerprint density at radius 1 is 1.19 bits per heavy atom. The van der Waals surface area contributed by atoms with Crippen LogP contribution in [0.2, 0.25) is 0 Å². The fraction of sp³-hybridized carbons (Fsp3) is 0.158. The van der Waals surface area contributed by atoms with E-state index in [1.165, 1.54) is 0 Å². The minimum atomic E-state index is -0.296. The molecule has 3 rings (SSSR count). The Hall–Kier alpha value is -2.80. The third-order valence-electron chi connectivity index (χ3n) is 3.54. The Morgan fingerprint density at radius 3 is 2.77 bits per heavy atom. The summed E-state index contributed by atoms with van der Waals surface area (Å²) in [4.78, 5) is 16.2. The van der Waals surface area contributed by atoms with E-state index in [0.717, 1.165) is 15.8 Å². The van der Waals surface area contributed by atoms with E-state index in [0.29, 0.717) is 18.2 Å². The molecule has 26 heavy (non-hydrogen) atoms. The highest BCUT2D eigenvalue weighted by atomic mass is 79.9. The fourth-order valence-corrected chi connectivity index (χ4v) is 2.47. The van der Waals surface area contributed by atoms with Gasteiger partial charge in [0.15, 0.2) is 5.76 Å².